The Kier molecular flexibility index (Phi) is 4.14. The number of carbonyl (C=O) groups is 1. The van der Waals surface area contributed by atoms with E-state index in [1.165, 1.54) is 12.0 Å². The lowest BCUT2D eigenvalue weighted by molar-refractivity contribution is 0.103. The highest BCUT2D eigenvalue weighted by molar-refractivity contribution is 14.1. The molecule has 2 aliphatic carbocycles. The molecule has 1 aromatic rings. The van der Waals surface area contributed by atoms with E-state index >= 15 is 0 Å². The van der Waals surface area contributed by atoms with Crippen LogP contribution in [0.4, 0.5) is 0 Å². The lowest BCUT2D eigenvalue weighted by atomic mass is 9.55. The molecule has 1 aromatic carbocycles. The molecule has 0 saturated heterocycles. The van der Waals surface area contributed by atoms with Crippen molar-refractivity contribution in [3.63, 3.8) is 0 Å². The first-order valence-corrected chi connectivity index (χ1v) is 9.33. The Balaban J connectivity index is 2.26. The van der Waals surface area contributed by atoms with Gasteiger partial charge in [-0.2, -0.15) is 0 Å². The molecule has 0 spiro atoms. The van der Waals surface area contributed by atoms with Crippen LogP contribution in [0.3, 0.4) is 0 Å². The fraction of sp³-hybridized carbons (Fsp3) is 0.550. The standard InChI is InChI=1S/C20H25IO2/c1-12(2)13-9-14-15(10-17(13)23-21)20(5)8-6-7-19(3,4)18(20)11-16(14)22/h9-12H,6-8H2,1-5H3/t20-/m1/s1. The van der Waals surface area contributed by atoms with Crippen molar-refractivity contribution >= 4 is 28.8 Å². The average molecular weight is 424 g/mol. The van der Waals surface area contributed by atoms with Gasteiger partial charge in [0.25, 0.3) is 0 Å². The Labute approximate surface area is 153 Å². The van der Waals surface area contributed by atoms with Crippen LogP contribution < -0.4 is 3.07 Å². The highest BCUT2D eigenvalue weighted by Crippen LogP contribution is 2.55. The monoisotopic (exact) mass is 424 g/mol. The first-order valence-electron chi connectivity index (χ1n) is 8.45. The third-order valence-electron chi connectivity index (χ3n) is 5.79. The number of halogens is 1. The first-order chi connectivity index (χ1) is 10.7. The van der Waals surface area contributed by atoms with Crippen LogP contribution in [0.2, 0.25) is 0 Å². The lowest BCUT2D eigenvalue weighted by Crippen LogP contribution is -2.41. The normalized spacial score (nSPS) is 25.7. The van der Waals surface area contributed by atoms with Gasteiger partial charge in [-0.3, -0.25) is 4.79 Å². The summed E-state index contributed by atoms with van der Waals surface area (Å²) in [6, 6.07) is 4.19. The number of hydrogen-bond acceptors (Lipinski definition) is 2. The van der Waals surface area contributed by atoms with Gasteiger partial charge in [0.1, 0.15) is 5.75 Å². The molecule has 23 heavy (non-hydrogen) atoms. The molecular weight excluding hydrogens is 399 g/mol. The van der Waals surface area contributed by atoms with Gasteiger partial charge in [0.05, 0.1) is 0 Å². The van der Waals surface area contributed by atoms with E-state index in [1.807, 2.05) is 29.1 Å². The Morgan fingerprint density at radius 2 is 1.87 bits per heavy atom. The topological polar surface area (TPSA) is 26.3 Å². The van der Waals surface area contributed by atoms with Crippen molar-refractivity contribution in [3.05, 3.63) is 40.5 Å². The zero-order valence-electron chi connectivity index (χ0n) is 14.6. The maximum Gasteiger partial charge on any atom is 0.192 e. The SMILES string of the molecule is CC(C)c1cc2c(cc1OI)[C@@]1(C)CCCC(C)(C)C1=CC2=O. The molecule has 0 unspecified atom stereocenters. The third-order valence-corrected chi connectivity index (χ3v) is 6.27. The first kappa shape index (κ1) is 17.0. The molecule has 0 amide bonds. The van der Waals surface area contributed by atoms with Crippen LogP contribution in [0.5, 0.6) is 5.75 Å². The van der Waals surface area contributed by atoms with E-state index in [1.54, 1.807) is 0 Å². The van der Waals surface area contributed by atoms with Gasteiger partial charge in [0.2, 0.25) is 0 Å². The highest BCUT2D eigenvalue weighted by atomic mass is 127. The number of allylic oxidation sites excluding steroid dienone is 2. The van der Waals surface area contributed by atoms with Crippen LogP contribution in [-0.4, -0.2) is 5.78 Å². The predicted molar refractivity (Wildman–Crippen MR) is 103 cm³/mol. The molecule has 3 heteroatoms. The minimum Gasteiger partial charge on any atom is -0.427 e. The molecule has 1 saturated carbocycles. The van der Waals surface area contributed by atoms with E-state index in [4.69, 9.17) is 3.07 Å². The second kappa shape index (κ2) is 5.61. The zero-order valence-corrected chi connectivity index (χ0v) is 16.8. The van der Waals surface area contributed by atoms with Gasteiger partial charge in [-0.25, -0.2) is 0 Å². The molecule has 0 aromatic heterocycles. The third kappa shape index (κ3) is 2.55. The quantitative estimate of drug-likeness (QED) is 0.534. The molecule has 1 fully saturated rings. The average Bonchev–Trinajstić information content (AvgIpc) is 2.48. The van der Waals surface area contributed by atoms with E-state index in [-0.39, 0.29) is 16.6 Å². The van der Waals surface area contributed by atoms with E-state index in [9.17, 15) is 4.79 Å². The van der Waals surface area contributed by atoms with Crippen LogP contribution in [-0.2, 0) is 5.41 Å². The van der Waals surface area contributed by atoms with Gasteiger partial charge in [-0.15, -0.1) is 0 Å². The second-order valence-corrected chi connectivity index (χ2v) is 8.60. The van der Waals surface area contributed by atoms with Crippen molar-refractivity contribution in [1.82, 2.24) is 0 Å². The van der Waals surface area contributed by atoms with Crippen LogP contribution in [0.15, 0.2) is 23.8 Å². The fourth-order valence-corrected chi connectivity index (χ4v) is 4.90. The maximum atomic E-state index is 12.8. The van der Waals surface area contributed by atoms with Crippen molar-refractivity contribution in [3.8, 4) is 5.75 Å². The molecule has 3 rings (SSSR count). The summed E-state index contributed by atoms with van der Waals surface area (Å²) in [7, 11) is 0. The van der Waals surface area contributed by atoms with Gasteiger partial charge in [0.15, 0.2) is 28.8 Å². The van der Waals surface area contributed by atoms with Crippen LogP contribution in [0, 0.1) is 5.41 Å². The predicted octanol–water partition coefficient (Wildman–Crippen LogP) is 6.13. The summed E-state index contributed by atoms with van der Waals surface area (Å²) in [6.07, 6.45) is 5.37. The summed E-state index contributed by atoms with van der Waals surface area (Å²) in [6.45, 7) is 11.1. The van der Waals surface area contributed by atoms with Gasteiger partial charge in [-0.1, -0.05) is 46.6 Å². The Hall–Kier alpha value is -0.840. The number of rotatable bonds is 2. The van der Waals surface area contributed by atoms with Crippen molar-refractivity contribution in [2.24, 2.45) is 5.41 Å². The number of benzene rings is 1. The molecule has 0 radical (unpaired) electrons. The summed E-state index contributed by atoms with van der Waals surface area (Å²) in [4.78, 5) is 12.8. The summed E-state index contributed by atoms with van der Waals surface area (Å²) >= 11 is 1.95. The summed E-state index contributed by atoms with van der Waals surface area (Å²) in [5, 5.41) is 0. The van der Waals surface area contributed by atoms with Crippen LogP contribution >= 0.6 is 23.0 Å². The van der Waals surface area contributed by atoms with E-state index in [0.29, 0.717) is 5.92 Å². The smallest absolute Gasteiger partial charge is 0.192 e. The number of ketones is 1. The zero-order chi connectivity index (χ0) is 17.0. The van der Waals surface area contributed by atoms with Crippen molar-refractivity contribution < 1.29 is 7.86 Å². The van der Waals surface area contributed by atoms with Crippen molar-refractivity contribution in [2.45, 2.75) is 65.2 Å². The van der Waals surface area contributed by atoms with E-state index < -0.39 is 0 Å². The molecule has 1 atom stereocenters. The summed E-state index contributed by atoms with van der Waals surface area (Å²) in [5.41, 5.74) is 4.47. The minimum atomic E-state index is -0.0512. The van der Waals surface area contributed by atoms with E-state index in [2.05, 4.69) is 46.8 Å². The Morgan fingerprint density at radius 3 is 2.48 bits per heavy atom. The largest absolute Gasteiger partial charge is 0.427 e. The molecule has 2 aliphatic rings. The Morgan fingerprint density at radius 1 is 1.17 bits per heavy atom. The summed E-state index contributed by atoms with van der Waals surface area (Å²) < 4.78 is 5.62. The fourth-order valence-electron chi connectivity index (χ4n) is 4.52. The number of carbonyl (C=O) groups excluding carboxylic acids is 1. The number of fused-ring (bicyclic) bond motifs is 3. The summed E-state index contributed by atoms with van der Waals surface area (Å²) in [5.74, 6) is 1.39. The maximum absolute atomic E-state index is 12.8. The van der Waals surface area contributed by atoms with Crippen molar-refractivity contribution in [2.75, 3.05) is 0 Å². The van der Waals surface area contributed by atoms with E-state index in [0.717, 1.165) is 35.3 Å². The lowest BCUT2D eigenvalue weighted by Gasteiger charge is -2.48. The molecular formula is C20H25IO2. The van der Waals surface area contributed by atoms with Crippen LogP contribution in [0.1, 0.15) is 81.3 Å². The second-order valence-electron chi connectivity index (χ2n) is 8.16. The molecule has 124 valence electrons. The van der Waals surface area contributed by atoms with Gasteiger partial charge < -0.3 is 3.07 Å². The van der Waals surface area contributed by atoms with Gasteiger partial charge >= 0.3 is 0 Å². The van der Waals surface area contributed by atoms with Gasteiger partial charge in [-0.05, 0) is 53.5 Å². The Bertz CT molecular complexity index is 700. The minimum absolute atomic E-state index is 0.0512. The molecule has 0 aliphatic heterocycles. The van der Waals surface area contributed by atoms with Gasteiger partial charge in [0, 0.05) is 11.0 Å². The highest BCUT2D eigenvalue weighted by Gasteiger charge is 2.47. The van der Waals surface area contributed by atoms with Crippen molar-refractivity contribution in [1.29, 1.82) is 0 Å². The molecule has 0 N–H and O–H groups in total. The number of hydrogen-bond donors (Lipinski definition) is 0. The molecule has 2 nitrogen and oxygen atoms in total. The molecule has 0 heterocycles. The molecule has 0 bridgehead atoms. The van der Waals surface area contributed by atoms with Crippen LogP contribution in [0.25, 0.3) is 0 Å².